The quantitative estimate of drug-likeness (QED) is 0.606. The maximum atomic E-state index is 13.1. The number of phosphoric ester groups is 1. The highest BCUT2D eigenvalue weighted by Gasteiger charge is 2.51. The number of likely N-dealkylation sites (tertiary alicyclic amines) is 1. The Balaban J connectivity index is 1.36. The molecule has 2 atom stereocenters. The summed E-state index contributed by atoms with van der Waals surface area (Å²) < 4.78 is 41.2. The Hall–Kier alpha value is -1.53. The van der Waals surface area contributed by atoms with Gasteiger partial charge >= 0.3 is 7.82 Å². The van der Waals surface area contributed by atoms with E-state index in [0.29, 0.717) is 25.4 Å². The van der Waals surface area contributed by atoms with Gasteiger partial charge in [0.2, 0.25) is 0 Å². The molecule has 1 spiro atoms. The van der Waals surface area contributed by atoms with Crippen molar-refractivity contribution in [2.45, 2.75) is 50.0 Å². The SMILES string of the molecule is COc1ccc([C@@]23CC=C(OP4(=O)OCC5(CCC5)CO4)C[C@@H]2N(C)CC3)cc1OC. The van der Waals surface area contributed by atoms with E-state index in [4.69, 9.17) is 23.0 Å². The zero-order valence-corrected chi connectivity index (χ0v) is 19.5. The van der Waals surface area contributed by atoms with E-state index in [1.165, 1.54) is 12.0 Å². The van der Waals surface area contributed by atoms with E-state index in [-0.39, 0.29) is 16.9 Å². The molecule has 31 heavy (non-hydrogen) atoms. The van der Waals surface area contributed by atoms with Crippen LogP contribution in [0.15, 0.2) is 30.0 Å². The molecular weight excluding hydrogens is 417 g/mol. The first-order chi connectivity index (χ1) is 14.9. The summed E-state index contributed by atoms with van der Waals surface area (Å²) in [7, 11) is 1.93. The van der Waals surface area contributed by atoms with Gasteiger partial charge in [-0.25, -0.2) is 4.57 Å². The summed E-state index contributed by atoms with van der Waals surface area (Å²) in [4.78, 5) is 2.37. The summed E-state index contributed by atoms with van der Waals surface area (Å²) in [6.07, 6.45) is 7.94. The van der Waals surface area contributed by atoms with Gasteiger partial charge < -0.3 is 18.9 Å². The number of phosphoric acid groups is 1. The minimum atomic E-state index is -3.54. The van der Waals surface area contributed by atoms with Crippen molar-refractivity contribution < 1.29 is 27.6 Å². The van der Waals surface area contributed by atoms with Crippen molar-refractivity contribution in [3.05, 3.63) is 35.6 Å². The van der Waals surface area contributed by atoms with Crippen molar-refractivity contribution in [3.63, 3.8) is 0 Å². The summed E-state index contributed by atoms with van der Waals surface area (Å²) >= 11 is 0. The first-order valence-electron chi connectivity index (χ1n) is 11.1. The van der Waals surface area contributed by atoms with Gasteiger partial charge in [-0.05, 0) is 63.0 Å². The smallest absolute Gasteiger partial charge is 0.493 e. The molecule has 5 rings (SSSR count). The van der Waals surface area contributed by atoms with Gasteiger partial charge in [0.05, 0.1) is 27.4 Å². The number of likely N-dealkylation sites (N-methyl/N-ethyl adjacent to an activating group) is 1. The van der Waals surface area contributed by atoms with Gasteiger partial charge in [0.1, 0.15) is 5.76 Å². The molecule has 0 aromatic heterocycles. The monoisotopic (exact) mass is 449 g/mol. The van der Waals surface area contributed by atoms with Gasteiger partial charge in [0.25, 0.3) is 0 Å². The Morgan fingerprint density at radius 1 is 1.10 bits per heavy atom. The van der Waals surface area contributed by atoms with Crippen LogP contribution in [0.3, 0.4) is 0 Å². The topological polar surface area (TPSA) is 66.5 Å². The number of rotatable bonds is 5. The van der Waals surface area contributed by atoms with E-state index < -0.39 is 7.82 Å². The van der Waals surface area contributed by atoms with Crippen LogP contribution in [0, 0.1) is 5.41 Å². The van der Waals surface area contributed by atoms with Crippen LogP contribution in [-0.4, -0.2) is 52.0 Å². The number of benzene rings is 1. The molecule has 2 aliphatic heterocycles. The van der Waals surface area contributed by atoms with Crippen molar-refractivity contribution in [3.8, 4) is 11.5 Å². The van der Waals surface area contributed by atoms with Gasteiger partial charge in [-0.3, -0.25) is 9.05 Å². The minimum Gasteiger partial charge on any atom is -0.493 e. The van der Waals surface area contributed by atoms with Gasteiger partial charge in [-0.1, -0.05) is 12.5 Å². The van der Waals surface area contributed by atoms with Crippen molar-refractivity contribution in [2.24, 2.45) is 5.41 Å². The molecule has 3 fully saturated rings. The Bertz CT molecular complexity index is 915. The molecule has 0 radical (unpaired) electrons. The first kappa shape index (κ1) is 21.3. The number of nitrogens with zero attached hydrogens (tertiary/aromatic N) is 1. The highest BCUT2D eigenvalue weighted by Crippen LogP contribution is 2.61. The molecule has 1 aromatic rings. The van der Waals surface area contributed by atoms with Gasteiger partial charge in [0.15, 0.2) is 11.5 Å². The fourth-order valence-electron chi connectivity index (χ4n) is 5.63. The van der Waals surface area contributed by atoms with Crippen LogP contribution in [0.4, 0.5) is 0 Å². The van der Waals surface area contributed by atoms with Crippen molar-refractivity contribution in [2.75, 3.05) is 41.0 Å². The molecule has 0 amide bonds. The first-order valence-corrected chi connectivity index (χ1v) is 12.6. The number of hydrogen-bond donors (Lipinski definition) is 0. The van der Waals surface area contributed by atoms with E-state index in [1.54, 1.807) is 14.2 Å². The second-order valence-electron chi connectivity index (χ2n) is 9.49. The lowest BCUT2D eigenvalue weighted by molar-refractivity contribution is -0.0551. The molecule has 7 nitrogen and oxygen atoms in total. The predicted molar refractivity (Wildman–Crippen MR) is 116 cm³/mol. The zero-order valence-electron chi connectivity index (χ0n) is 18.6. The minimum absolute atomic E-state index is 0.0417. The second-order valence-corrected chi connectivity index (χ2v) is 11.1. The van der Waals surface area contributed by atoms with Crippen LogP contribution in [0.2, 0.25) is 0 Å². The molecule has 2 saturated heterocycles. The lowest BCUT2D eigenvalue weighted by atomic mass is 9.68. The van der Waals surface area contributed by atoms with Gasteiger partial charge in [-0.15, -0.1) is 0 Å². The molecule has 2 aliphatic carbocycles. The van der Waals surface area contributed by atoms with E-state index >= 15 is 0 Å². The molecule has 0 bridgehead atoms. The Morgan fingerprint density at radius 3 is 2.48 bits per heavy atom. The Labute approximate surface area is 184 Å². The van der Waals surface area contributed by atoms with Crippen molar-refractivity contribution in [1.82, 2.24) is 4.90 Å². The van der Waals surface area contributed by atoms with Crippen LogP contribution < -0.4 is 9.47 Å². The van der Waals surface area contributed by atoms with Crippen molar-refractivity contribution >= 4 is 7.82 Å². The van der Waals surface area contributed by atoms with Crippen LogP contribution in [0.1, 0.15) is 44.1 Å². The second kappa shape index (κ2) is 7.80. The highest BCUT2D eigenvalue weighted by molar-refractivity contribution is 7.48. The average molecular weight is 449 g/mol. The van der Waals surface area contributed by atoms with Gasteiger partial charge in [0, 0.05) is 23.3 Å². The molecule has 8 heteroatoms. The van der Waals surface area contributed by atoms with E-state index in [2.05, 4.69) is 30.2 Å². The third-order valence-corrected chi connectivity index (χ3v) is 9.18. The van der Waals surface area contributed by atoms with E-state index in [9.17, 15) is 4.57 Å². The molecule has 0 N–H and O–H groups in total. The molecule has 4 aliphatic rings. The molecular formula is C23H32NO6P. The lowest BCUT2D eigenvalue weighted by Crippen LogP contribution is -2.44. The number of fused-ring (bicyclic) bond motifs is 1. The fraction of sp³-hybridized carbons (Fsp3) is 0.652. The zero-order chi connectivity index (χ0) is 21.7. The summed E-state index contributed by atoms with van der Waals surface area (Å²) in [6.45, 7) is 1.93. The van der Waals surface area contributed by atoms with Crippen LogP contribution in [-0.2, 0) is 23.6 Å². The lowest BCUT2D eigenvalue weighted by Gasteiger charge is -2.45. The molecule has 170 valence electrons. The average Bonchev–Trinajstić information content (AvgIpc) is 3.10. The van der Waals surface area contributed by atoms with E-state index in [0.717, 1.165) is 43.7 Å². The van der Waals surface area contributed by atoms with Crippen LogP contribution in [0.25, 0.3) is 0 Å². The van der Waals surface area contributed by atoms with Crippen LogP contribution >= 0.6 is 7.82 Å². The molecule has 1 saturated carbocycles. The number of methoxy groups -OCH3 is 2. The highest BCUT2D eigenvalue weighted by atomic mass is 31.2. The summed E-state index contributed by atoms with van der Waals surface area (Å²) in [5.74, 6) is 2.18. The number of allylic oxidation sites excluding steroid dienone is 1. The molecule has 0 unspecified atom stereocenters. The maximum absolute atomic E-state index is 13.1. The third kappa shape index (κ3) is 3.60. The predicted octanol–water partition coefficient (Wildman–Crippen LogP) is 4.67. The number of ether oxygens (including phenoxy) is 2. The van der Waals surface area contributed by atoms with Gasteiger partial charge in [-0.2, -0.15) is 0 Å². The third-order valence-electron chi connectivity index (χ3n) is 7.83. The summed E-state index contributed by atoms with van der Waals surface area (Å²) in [5.41, 5.74) is 1.25. The number of hydrogen-bond acceptors (Lipinski definition) is 7. The van der Waals surface area contributed by atoms with Crippen molar-refractivity contribution in [1.29, 1.82) is 0 Å². The largest absolute Gasteiger partial charge is 0.529 e. The fourth-order valence-corrected chi connectivity index (χ4v) is 7.11. The Kier molecular flexibility index (Phi) is 5.37. The maximum Gasteiger partial charge on any atom is 0.529 e. The molecule has 1 aromatic carbocycles. The summed E-state index contributed by atoms with van der Waals surface area (Å²) in [5, 5.41) is 0. The van der Waals surface area contributed by atoms with Crippen LogP contribution in [0.5, 0.6) is 11.5 Å². The van der Waals surface area contributed by atoms with E-state index in [1.807, 2.05) is 6.07 Å². The standard InChI is InChI=1S/C23H32NO6P/c1-24-12-11-23(17-5-6-19(26-2)20(13-17)27-3)10-7-18(14-21(23)24)30-31(25)28-15-22(16-29-31)8-4-9-22/h5-7,13,21H,4,8-12,14-16H2,1-3H3/t21-,23-/m0/s1. The Morgan fingerprint density at radius 2 is 1.84 bits per heavy atom. The summed E-state index contributed by atoms with van der Waals surface area (Å²) in [6, 6.07) is 6.45. The molecule has 2 heterocycles. The normalized spacial score (nSPS) is 31.5.